The van der Waals surface area contributed by atoms with Crippen LogP contribution in [0.15, 0.2) is 60.4 Å². The first-order valence-electron chi connectivity index (χ1n) is 6.28. The van der Waals surface area contributed by atoms with Crippen LogP contribution in [0.1, 0.15) is 12.0 Å². The number of aromatic nitrogens is 1. The molecule has 1 aliphatic rings. The summed E-state index contributed by atoms with van der Waals surface area (Å²) in [7, 11) is 0. The molecule has 0 bridgehead atoms. The van der Waals surface area contributed by atoms with Crippen molar-refractivity contribution < 1.29 is 9.59 Å². The van der Waals surface area contributed by atoms with Crippen LogP contribution >= 0.6 is 0 Å². The third kappa shape index (κ3) is 2.23. The third-order valence-corrected chi connectivity index (χ3v) is 3.13. The Morgan fingerprint density at radius 2 is 1.70 bits per heavy atom. The molecule has 2 aromatic rings. The van der Waals surface area contributed by atoms with Gasteiger partial charge in [-0.25, -0.2) is 4.90 Å². The van der Waals surface area contributed by atoms with Crippen LogP contribution in [0.5, 0.6) is 0 Å². The smallest absolute Gasteiger partial charge is 0.261 e. The summed E-state index contributed by atoms with van der Waals surface area (Å²) in [6.45, 7) is 0. The molecule has 1 aliphatic heterocycles. The van der Waals surface area contributed by atoms with Crippen molar-refractivity contribution in [3.63, 3.8) is 0 Å². The highest BCUT2D eigenvalue weighted by Crippen LogP contribution is 2.26. The Kier molecular flexibility index (Phi) is 3.13. The average molecular weight is 264 g/mol. The fourth-order valence-corrected chi connectivity index (χ4v) is 2.19. The SMILES string of the molecule is O=C1C/C(=C/c2ccncc2)C(=O)N1c1ccccc1. The van der Waals surface area contributed by atoms with Crippen LogP contribution in [0.2, 0.25) is 0 Å². The van der Waals surface area contributed by atoms with Crippen LogP contribution in [0.3, 0.4) is 0 Å². The highest BCUT2D eigenvalue weighted by atomic mass is 16.2. The number of benzene rings is 1. The van der Waals surface area contributed by atoms with Gasteiger partial charge in [0.1, 0.15) is 0 Å². The Bertz CT molecular complexity index is 678. The molecule has 1 aromatic carbocycles. The van der Waals surface area contributed by atoms with Gasteiger partial charge in [-0.05, 0) is 35.9 Å². The molecule has 1 fully saturated rings. The second-order valence-corrected chi connectivity index (χ2v) is 4.50. The quantitative estimate of drug-likeness (QED) is 0.618. The van der Waals surface area contributed by atoms with Crippen molar-refractivity contribution >= 4 is 23.6 Å². The summed E-state index contributed by atoms with van der Waals surface area (Å²) in [6.07, 6.45) is 5.19. The lowest BCUT2D eigenvalue weighted by molar-refractivity contribution is -0.120. The van der Waals surface area contributed by atoms with Crippen LogP contribution < -0.4 is 4.90 Å². The van der Waals surface area contributed by atoms with Gasteiger partial charge in [0, 0.05) is 18.0 Å². The van der Waals surface area contributed by atoms with E-state index < -0.39 is 0 Å². The van der Waals surface area contributed by atoms with Gasteiger partial charge in [0.2, 0.25) is 5.91 Å². The first-order valence-corrected chi connectivity index (χ1v) is 6.28. The number of carbonyl (C=O) groups excluding carboxylic acids is 2. The molecule has 0 unspecified atom stereocenters. The molecule has 1 aromatic heterocycles. The van der Waals surface area contributed by atoms with E-state index in [9.17, 15) is 9.59 Å². The zero-order valence-electron chi connectivity index (χ0n) is 10.7. The summed E-state index contributed by atoms with van der Waals surface area (Å²) in [5, 5.41) is 0. The molecular formula is C16H12N2O2. The van der Waals surface area contributed by atoms with Gasteiger partial charge in [0.25, 0.3) is 5.91 Å². The van der Waals surface area contributed by atoms with E-state index in [0.717, 1.165) is 5.56 Å². The molecule has 0 radical (unpaired) electrons. The van der Waals surface area contributed by atoms with Crippen molar-refractivity contribution in [1.82, 2.24) is 4.98 Å². The molecule has 1 saturated heterocycles. The van der Waals surface area contributed by atoms with E-state index in [1.54, 1.807) is 54.9 Å². The molecule has 0 spiro atoms. The average Bonchev–Trinajstić information content (AvgIpc) is 2.75. The highest BCUT2D eigenvalue weighted by molar-refractivity contribution is 6.29. The van der Waals surface area contributed by atoms with E-state index in [2.05, 4.69) is 4.98 Å². The molecule has 20 heavy (non-hydrogen) atoms. The fraction of sp³-hybridized carbons (Fsp3) is 0.0625. The van der Waals surface area contributed by atoms with Crippen molar-refractivity contribution in [2.45, 2.75) is 6.42 Å². The number of amides is 2. The predicted octanol–water partition coefficient (Wildman–Crippen LogP) is 2.43. The van der Waals surface area contributed by atoms with E-state index in [-0.39, 0.29) is 18.2 Å². The van der Waals surface area contributed by atoms with Gasteiger partial charge < -0.3 is 0 Å². The second-order valence-electron chi connectivity index (χ2n) is 4.50. The molecule has 3 rings (SSSR count). The Morgan fingerprint density at radius 3 is 2.40 bits per heavy atom. The zero-order chi connectivity index (χ0) is 13.9. The molecule has 0 N–H and O–H groups in total. The largest absolute Gasteiger partial charge is 0.274 e. The van der Waals surface area contributed by atoms with Crippen LogP contribution in [-0.4, -0.2) is 16.8 Å². The first-order chi connectivity index (χ1) is 9.75. The Hall–Kier alpha value is -2.75. The second kappa shape index (κ2) is 5.09. The highest BCUT2D eigenvalue weighted by Gasteiger charge is 2.34. The monoisotopic (exact) mass is 264 g/mol. The summed E-state index contributed by atoms with van der Waals surface area (Å²) in [6, 6.07) is 12.6. The molecule has 0 atom stereocenters. The summed E-state index contributed by atoms with van der Waals surface area (Å²) in [4.78, 5) is 29.5. The number of anilines is 1. The number of rotatable bonds is 2. The van der Waals surface area contributed by atoms with Crippen LogP contribution in [0, 0.1) is 0 Å². The molecule has 98 valence electrons. The van der Waals surface area contributed by atoms with Crippen molar-refractivity contribution in [2.24, 2.45) is 0 Å². The third-order valence-electron chi connectivity index (χ3n) is 3.13. The van der Waals surface area contributed by atoms with Gasteiger partial charge in [-0.3, -0.25) is 14.6 Å². The van der Waals surface area contributed by atoms with Gasteiger partial charge in [0.15, 0.2) is 0 Å². The molecule has 4 nitrogen and oxygen atoms in total. The Balaban J connectivity index is 1.93. The maximum Gasteiger partial charge on any atom is 0.261 e. The lowest BCUT2D eigenvalue weighted by atomic mass is 10.1. The topological polar surface area (TPSA) is 50.3 Å². The molecule has 4 heteroatoms. The fourth-order valence-electron chi connectivity index (χ4n) is 2.19. The summed E-state index contributed by atoms with van der Waals surface area (Å²) in [5.74, 6) is -0.445. The number of imide groups is 1. The predicted molar refractivity (Wildman–Crippen MR) is 75.8 cm³/mol. The van der Waals surface area contributed by atoms with Gasteiger partial charge in [-0.2, -0.15) is 0 Å². The zero-order valence-corrected chi connectivity index (χ0v) is 10.7. The molecular weight excluding hydrogens is 252 g/mol. The van der Waals surface area contributed by atoms with Crippen LogP contribution in [-0.2, 0) is 9.59 Å². The first kappa shape index (κ1) is 12.3. The van der Waals surface area contributed by atoms with Gasteiger partial charge in [0.05, 0.1) is 12.1 Å². The summed E-state index contributed by atoms with van der Waals surface area (Å²) >= 11 is 0. The Morgan fingerprint density at radius 1 is 1.00 bits per heavy atom. The van der Waals surface area contributed by atoms with E-state index >= 15 is 0 Å². The summed E-state index contributed by atoms with van der Waals surface area (Å²) in [5.41, 5.74) is 1.98. The number of hydrogen-bond donors (Lipinski definition) is 0. The van der Waals surface area contributed by atoms with Crippen LogP contribution in [0.25, 0.3) is 6.08 Å². The lowest BCUT2D eigenvalue weighted by Crippen LogP contribution is -2.28. The van der Waals surface area contributed by atoms with E-state index in [1.807, 2.05) is 6.07 Å². The lowest BCUT2D eigenvalue weighted by Gasteiger charge is -2.12. The molecule has 0 saturated carbocycles. The molecule has 0 aliphatic carbocycles. The van der Waals surface area contributed by atoms with Crippen molar-refractivity contribution in [3.05, 3.63) is 66.0 Å². The number of pyridine rings is 1. The minimum absolute atomic E-state index is 0.135. The van der Waals surface area contributed by atoms with Gasteiger partial charge in [-0.15, -0.1) is 0 Å². The minimum Gasteiger partial charge on any atom is -0.274 e. The molecule has 2 amide bonds. The standard InChI is InChI=1S/C16H12N2O2/c19-15-11-13(10-12-6-8-17-9-7-12)16(20)18(15)14-4-2-1-3-5-14/h1-10H,11H2/b13-10-. The minimum atomic E-state index is -0.252. The van der Waals surface area contributed by atoms with Crippen molar-refractivity contribution in [1.29, 1.82) is 0 Å². The Labute approximate surface area is 116 Å². The van der Waals surface area contributed by atoms with Crippen molar-refractivity contribution in [3.8, 4) is 0 Å². The number of nitrogens with zero attached hydrogens (tertiary/aromatic N) is 2. The van der Waals surface area contributed by atoms with Crippen LogP contribution in [0.4, 0.5) is 5.69 Å². The maximum absolute atomic E-state index is 12.3. The number of carbonyl (C=O) groups is 2. The van der Waals surface area contributed by atoms with E-state index in [1.165, 1.54) is 4.90 Å². The van der Waals surface area contributed by atoms with E-state index in [0.29, 0.717) is 11.3 Å². The normalized spacial score (nSPS) is 17.0. The summed E-state index contributed by atoms with van der Waals surface area (Å²) < 4.78 is 0. The van der Waals surface area contributed by atoms with E-state index in [4.69, 9.17) is 0 Å². The number of para-hydroxylation sites is 1. The van der Waals surface area contributed by atoms with Crippen molar-refractivity contribution in [2.75, 3.05) is 4.90 Å². The maximum atomic E-state index is 12.3. The molecule has 2 heterocycles. The van der Waals surface area contributed by atoms with Gasteiger partial charge >= 0.3 is 0 Å². The van der Waals surface area contributed by atoms with Gasteiger partial charge in [-0.1, -0.05) is 18.2 Å². The number of hydrogen-bond acceptors (Lipinski definition) is 3.